The SMILES string of the molecule is CC1=CC=CCCCCC(C)=C1C. The zero-order valence-corrected chi connectivity index (χ0v) is 9.06. The Morgan fingerprint density at radius 2 is 1.85 bits per heavy atom. The predicted molar refractivity (Wildman–Crippen MR) is 59.7 cm³/mol. The van der Waals surface area contributed by atoms with E-state index in [2.05, 4.69) is 39.0 Å². The normalized spacial score (nSPS) is 20.1. The summed E-state index contributed by atoms with van der Waals surface area (Å²) in [5.74, 6) is 0. The Morgan fingerprint density at radius 1 is 1.08 bits per heavy atom. The molecule has 0 aromatic rings. The topological polar surface area (TPSA) is 0 Å². The Balaban J connectivity index is 2.86. The molecular weight excluding hydrogens is 156 g/mol. The van der Waals surface area contributed by atoms with E-state index in [1.807, 2.05) is 0 Å². The Hall–Kier alpha value is -0.780. The van der Waals surface area contributed by atoms with Crippen molar-refractivity contribution in [2.45, 2.75) is 46.5 Å². The average Bonchev–Trinajstić information content (AvgIpc) is 2.13. The quantitative estimate of drug-likeness (QED) is 0.513. The zero-order chi connectivity index (χ0) is 9.68. The number of hydrogen-bond donors (Lipinski definition) is 0. The molecule has 0 aromatic carbocycles. The first-order chi connectivity index (χ1) is 6.22. The van der Waals surface area contributed by atoms with Crippen LogP contribution < -0.4 is 0 Å². The van der Waals surface area contributed by atoms with Gasteiger partial charge in [0.1, 0.15) is 0 Å². The zero-order valence-electron chi connectivity index (χ0n) is 9.06. The number of rotatable bonds is 0. The van der Waals surface area contributed by atoms with Crippen molar-refractivity contribution < 1.29 is 0 Å². The minimum Gasteiger partial charge on any atom is -0.0845 e. The number of hydrogen-bond acceptors (Lipinski definition) is 0. The van der Waals surface area contributed by atoms with Crippen LogP contribution >= 0.6 is 0 Å². The van der Waals surface area contributed by atoms with Gasteiger partial charge in [-0.05, 0) is 57.6 Å². The fraction of sp³-hybridized carbons (Fsp3) is 0.538. The van der Waals surface area contributed by atoms with E-state index in [9.17, 15) is 0 Å². The Bertz CT molecular complexity index is 251. The van der Waals surface area contributed by atoms with Gasteiger partial charge in [-0.25, -0.2) is 0 Å². The fourth-order valence-electron chi connectivity index (χ4n) is 1.61. The highest BCUT2D eigenvalue weighted by Crippen LogP contribution is 2.20. The average molecular weight is 176 g/mol. The summed E-state index contributed by atoms with van der Waals surface area (Å²) in [5, 5.41) is 0. The predicted octanol–water partition coefficient (Wildman–Crippen LogP) is 4.40. The maximum absolute atomic E-state index is 2.28. The van der Waals surface area contributed by atoms with Crippen molar-refractivity contribution in [2.24, 2.45) is 0 Å². The Morgan fingerprint density at radius 3 is 2.62 bits per heavy atom. The molecular formula is C13H20. The maximum atomic E-state index is 2.28. The first kappa shape index (κ1) is 10.3. The van der Waals surface area contributed by atoms with Gasteiger partial charge in [0, 0.05) is 0 Å². The summed E-state index contributed by atoms with van der Waals surface area (Å²) in [6.45, 7) is 6.69. The lowest BCUT2D eigenvalue weighted by atomic mass is 9.98. The molecule has 0 fully saturated rings. The van der Waals surface area contributed by atoms with Crippen molar-refractivity contribution in [2.75, 3.05) is 0 Å². The molecule has 0 aliphatic heterocycles. The Kier molecular flexibility index (Phi) is 4.01. The van der Waals surface area contributed by atoms with Gasteiger partial charge in [-0.2, -0.15) is 0 Å². The number of allylic oxidation sites excluding steroid dienone is 6. The molecule has 0 N–H and O–H groups in total. The molecule has 0 bridgehead atoms. The van der Waals surface area contributed by atoms with E-state index in [-0.39, 0.29) is 0 Å². The molecule has 0 radical (unpaired) electrons. The van der Waals surface area contributed by atoms with E-state index in [0.29, 0.717) is 0 Å². The summed E-state index contributed by atoms with van der Waals surface area (Å²) >= 11 is 0. The van der Waals surface area contributed by atoms with Gasteiger partial charge in [-0.3, -0.25) is 0 Å². The summed E-state index contributed by atoms with van der Waals surface area (Å²) in [4.78, 5) is 0. The summed E-state index contributed by atoms with van der Waals surface area (Å²) in [5.41, 5.74) is 4.45. The molecule has 13 heavy (non-hydrogen) atoms. The van der Waals surface area contributed by atoms with E-state index in [1.165, 1.54) is 36.8 Å². The van der Waals surface area contributed by atoms with Gasteiger partial charge in [0.15, 0.2) is 0 Å². The summed E-state index contributed by atoms with van der Waals surface area (Å²) in [6, 6.07) is 0. The van der Waals surface area contributed by atoms with Crippen molar-refractivity contribution in [1.29, 1.82) is 0 Å². The molecule has 0 heterocycles. The van der Waals surface area contributed by atoms with E-state index in [1.54, 1.807) is 5.57 Å². The van der Waals surface area contributed by atoms with Crippen molar-refractivity contribution in [3.63, 3.8) is 0 Å². The highest BCUT2D eigenvalue weighted by molar-refractivity contribution is 5.34. The van der Waals surface area contributed by atoms with Crippen molar-refractivity contribution in [3.05, 3.63) is 34.9 Å². The van der Waals surface area contributed by atoms with Gasteiger partial charge in [0.05, 0.1) is 0 Å². The second-order valence-corrected chi connectivity index (χ2v) is 3.93. The highest BCUT2D eigenvalue weighted by Gasteiger charge is 1.99. The first-order valence-corrected chi connectivity index (χ1v) is 5.22. The second kappa shape index (κ2) is 5.06. The molecule has 0 unspecified atom stereocenters. The van der Waals surface area contributed by atoms with E-state index >= 15 is 0 Å². The standard InChI is InChI=1S/C13H20/c1-11-9-7-5-4-6-8-10-12(2)13(11)3/h5,7,9H,4,6,8,10H2,1-3H3. The van der Waals surface area contributed by atoms with Crippen LogP contribution in [-0.2, 0) is 0 Å². The molecule has 0 heteroatoms. The molecule has 1 rings (SSSR count). The summed E-state index contributed by atoms with van der Waals surface area (Å²) in [7, 11) is 0. The van der Waals surface area contributed by atoms with Gasteiger partial charge >= 0.3 is 0 Å². The van der Waals surface area contributed by atoms with Crippen LogP contribution in [0.4, 0.5) is 0 Å². The van der Waals surface area contributed by atoms with Crippen LogP contribution in [-0.4, -0.2) is 0 Å². The van der Waals surface area contributed by atoms with E-state index < -0.39 is 0 Å². The van der Waals surface area contributed by atoms with Crippen LogP contribution in [0.15, 0.2) is 34.9 Å². The molecule has 1 aliphatic rings. The first-order valence-electron chi connectivity index (χ1n) is 5.22. The minimum atomic E-state index is 1.23. The molecule has 0 spiro atoms. The second-order valence-electron chi connectivity index (χ2n) is 3.93. The van der Waals surface area contributed by atoms with Crippen LogP contribution in [0.2, 0.25) is 0 Å². The third kappa shape index (κ3) is 3.22. The lowest BCUT2D eigenvalue weighted by molar-refractivity contribution is 0.737. The lowest BCUT2D eigenvalue weighted by Gasteiger charge is -2.09. The van der Waals surface area contributed by atoms with Crippen molar-refractivity contribution in [3.8, 4) is 0 Å². The van der Waals surface area contributed by atoms with Crippen LogP contribution in [0, 0.1) is 0 Å². The molecule has 0 atom stereocenters. The minimum absolute atomic E-state index is 1.23. The monoisotopic (exact) mass is 176 g/mol. The fourth-order valence-corrected chi connectivity index (χ4v) is 1.61. The molecule has 0 saturated heterocycles. The van der Waals surface area contributed by atoms with E-state index in [0.717, 1.165) is 0 Å². The highest BCUT2D eigenvalue weighted by atomic mass is 14.1. The molecule has 0 amide bonds. The smallest absolute Gasteiger partial charge is 0.0317 e. The summed E-state index contributed by atoms with van der Waals surface area (Å²) < 4.78 is 0. The van der Waals surface area contributed by atoms with E-state index in [4.69, 9.17) is 0 Å². The molecule has 0 aromatic heterocycles. The molecule has 1 aliphatic carbocycles. The van der Waals surface area contributed by atoms with Gasteiger partial charge < -0.3 is 0 Å². The van der Waals surface area contributed by atoms with Crippen LogP contribution in [0.5, 0.6) is 0 Å². The maximum Gasteiger partial charge on any atom is -0.0317 e. The van der Waals surface area contributed by atoms with Crippen LogP contribution in [0.1, 0.15) is 46.5 Å². The van der Waals surface area contributed by atoms with Gasteiger partial charge in [0.2, 0.25) is 0 Å². The Labute approximate surface area is 82.0 Å². The van der Waals surface area contributed by atoms with Crippen molar-refractivity contribution >= 4 is 0 Å². The molecule has 72 valence electrons. The largest absolute Gasteiger partial charge is 0.0845 e. The summed E-state index contributed by atoms with van der Waals surface area (Å²) in [6.07, 6.45) is 11.9. The van der Waals surface area contributed by atoms with Crippen LogP contribution in [0.25, 0.3) is 0 Å². The molecule has 0 nitrogen and oxygen atoms in total. The lowest BCUT2D eigenvalue weighted by Crippen LogP contribution is -1.88. The van der Waals surface area contributed by atoms with Gasteiger partial charge in [-0.15, -0.1) is 0 Å². The third-order valence-corrected chi connectivity index (χ3v) is 2.89. The van der Waals surface area contributed by atoms with Crippen molar-refractivity contribution in [1.82, 2.24) is 0 Å². The van der Waals surface area contributed by atoms with Gasteiger partial charge in [0.25, 0.3) is 0 Å². The van der Waals surface area contributed by atoms with Gasteiger partial charge in [-0.1, -0.05) is 23.8 Å². The molecule has 0 saturated carbocycles. The van der Waals surface area contributed by atoms with Crippen LogP contribution in [0.3, 0.4) is 0 Å². The third-order valence-electron chi connectivity index (χ3n) is 2.89.